The lowest BCUT2D eigenvalue weighted by molar-refractivity contribution is 0.0222. The van der Waals surface area contributed by atoms with Gasteiger partial charge in [0.15, 0.2) is 0 Å². The molecule has 1 N–H and O–H groups in total. The van der Waals surface area contributed by atoms with Gasteiger partial charge in [-0.1, -0.05) is 44.2 Å². The Morgan fingerprint density at radius 3 is 2.51 bits per heavy atom. The lowest BCUT2D eigenvalue weighted by atomic mass is 10.1. The number of ether oxygens (including phenoxy) is 3. The summed E-state index contributed by atoms with van der Waals surface area (Å²) in [5, 5.41) is 15.4. The minimum atomic E-state index is -0.610. The van der Waals surface area contributed by atoms with Gasteiger partial charge in [-0.3, -0.25) is 4.90 Å². The van der Waals surface area contributed by atoms with Crippen molar-refractivity contribution in [2.75, 3.05) is 33.4 Å². The van der Waals surface area contributed by atoms with Gasteiger partial charge >= 0.3 is 0 Å². The van der Waals surface area contributed by atoms with E-state index in [-0.39, 0.29) is 6.61 Å². The van der Waals surface area contributed by atoms with Crippen LogP contribution >= 0.6 is 0 Å². The Labute approximate surface area is 208 Å². The number of hydrogen-bond donors (Lipinski definition) is 1. The molecule has 0 aliphatic carbocycles. The molecule has 188 valence electrons. The fraction of sp³-hybridized carbons (Fsp3) is 0.393. The highest BCUT2D eigenvalue weighted by molar-refractivity contribution is 5.44. The third-order valence-electron chi connectivity index (χ3n) is 5.41. The van der Waals surface area contributed by atoms with Crippen molar-refractivity contribution in [1.82, 2.24) is 14.7 Å². The standard InChI is InChI=1S/C28H37N3O4/c1-6-15-34-20-24(32)18-30(17-21(2)3)19-27-22(4)29-31(23-11-8-7-9-12-23)28(27)35-26-14-10-13-25(16-26)33-5/h6-14,16,21,24,32H,1,15,17-20H2,2-5H3. The average molecular weight is 480 g/mol. The lowest BCUT2D eigenvalue weighted by Crippen LogP contribution is -2.37. The number of aromatic nitrogens is 2. The van der Waals surface area contributed by atoms with Gasteiger partial charge in [0.1, 0.15) is 11.5 Å². The molecule has 0 bridgehead atoms. The second-order valence-electron chi connectivity index (χ2n) is 8.97. The van der Waals surface area contributed by atoms with Crippen molar-refractivity contribution < 1.29 is 19.3 Å². The fourth-order valence-electron chi connectivity index (χ4n) is 3.93. The van der Waals surface area contributed by atoms with Crippen molar-refractivity contribution in [3.05, 3.63) is 78.5 Å². The molecule has 0 spiro atoms. The van der Waals surface area contributed by atoms with Crippen molar-refractivity contribution in [2.45, 2.75) is 33.4 Å². The van der Waals surface area contributed by atoms with Gasteiger partial charge in [0, 0.05) is 25.7 Å². The van der Waals surface area contributed by atoms with E-state index in [1.807, 2.05) is 66.2 Å². The van der Waals surface area contributed by atoms with Crippen LogP contribution in [-0.4, -0.2) is 59.3 Å². The maximum atomic E-state index is 10.6. The van der Waals surface area contributed by atoms with Crippen molar-refractivity contribution >= 4 is 0 Å². The fourth-order valence-corrected chi connectivity index (χ4v) is 3.93. The summed E-state index contributed by atoms with van der Waals surface area (Å²) in [6.45, 7) is 12.5. The SMILES string of the molecule is C=CCOCC(O)CN(Cc1c(C)nn(-c2ccccc2)c1Oc1cccc(OC)c1)CC(C)C. The van der Waals surface area contributed by atoms with Gasteiger partial charge in [0.05, 0.1) is 43.4 Å². The van der Waals surface area contributed by atoms with E-state index in [1.54, 1.807) is 13.2 Å². The van der Waals surface area contributed by atoms with Crippen LogP contribution in [0.5, 0.6) is 17.4 Å². The Bertz CT molecular complexity index is 1070. The first-order valence-electron chi connectivity index (χ1n) is 12.0. The minimum absolute atomic E-state index is 0.260. The van der Waals surface area contributed by atoms with Crippen LogP contribution in [-0.2, 0) is 11.3 Å². The van der Waals surface area contributed by atoms with Crippen LogP contribution in [0.4, 0.5) is 0 Å². The summed E-state index contributed by atoms with van der Waals surface area (Å²) in [6, 6.07) is 17.5. The molecule has 35 heavy (non-hydrogen) atoms. The Morgan fingerprint density at radius 2 is 1.83 bits per heavy atom. The summed E-state index contributed by atoms with van der Waals surface area (Å²) in [7, 11) is 1.64. The summed E-state index contributed by atoms with van der Waals surface area (Å²) in [4.78, 5) is 2.23. The van der Waals surface area contributed by atoms with Crippen molar-refractivity contribution in [1.29, 1.82) is 0 Å². The maximum absolute atomic E-state index is 10.6. The molecule has 7 nitrogen and oxygen atoms in total. The largest absolute Gasteiger partial charge is 0.497 e. The summed E-state index contributed by atoms with van der Waals surface area (Å²) in [6.07, 6.45) is 1.07. The molecule has 0 saturated heterocycles. The van der Waals surface area contributed by atoms with E-state index in [2.05, 4.69) is 25.3 Å². The number of nitrogens with zero attached hydrogens (tertiary/aromatic N) is 3. The second kappa shape index (κ2) is 13.1. The second-order valence-corrected chi connectivity index (χ2v) is 8.97. The zero-order chi connectivity index (χ0) is 25.2. The van der Waals surface area contributed by atoms with E-state index in [0.717, 1.165) is 29.2 Å². The monoisotopic (exact) mass is 479 g/mol. The number of aliphatic hydroxyl groups excluding tert-OH is 1. The Morgan fingerprint density at radius 1 is 1.09 bits per heavy atom. The number of hydrogen-bond acceptors (Lipinski definition) is 6. The van der Waals surface area contributed by atoms with Crippen LogP contribution in [0.25, 0.3) is 5.69 Å². The van der Waals surface area contributed by atoms with Crippen molar-refractivity contribution in [3.63, 3.8) is 0 Å². The predicted molar refractivity (Wildman–Crippen MR) is 139 cm³/mol. The van der Waals surface area contributed by atoms with Gasteiger partial charge in [-0.25, -0.2) is 4.68 Å². The number of rotatable bonds is 14. The molecule has 0 amide bonds. The lowest BCUT2D eigenvalue weighted by Gasteiger charge is -2.27. The van der Waals surface area contributed by atoms with Crippen LogP contribution in [0.1, 0.15) is 25.1 Å². The first-order valence-corrected chi connectivity index (χ1v) is 12.0. The van der Waals surface area contributed by atoms with E-state index in [0.29, 0.717) is 37.2 Å². The van der Waals surface area contributed by atoms with Crippen molar-refractivity contribution in [3.8, 4) is 23.1 Å². The summed E-state index contributed by atoms with van der Waals surface area (Å²) < 4.78 is 19.1. The van der Waals surface area contributed by atoms with Gasteiger partial charge in [-0.15, -0.1) is 6.58 Å². The number of aryl methyl sites for hydroxylation is 1. The topological polar surface area (TPSA) is 69.0 Å². The first-order chi connectivity index (χ1) is 16.9. The van der Waals surface area contributed by atoms with Gasteiger partial charge in [0.2, 0.25) is 5.88 Å². The normalized spacial score (nSPS) is 12.2. The molecular weight excluding hydrogens is 442 g/mol. The molecule has 7 heteroatoms. The van der Waals surface area contributed by atoms with Gasteiger partial charge in [-0.05, 0) is 37.1 Å². The summed E-state index contributed by atoms with van der Waals surface area (Å²) in [5.74, 6) is 2.45. The summed E-state index contributed by atoms with van der Waals surface area (Å²) >= 11 is 0. The van der Waals surface area contributed by atoms with Crippen LogP contribution < -0.4 is 9.47 Å². The van der Waals surface area contributed by atoms with Crippen LogP contribution in [0, 0.1) is 12.8 Å². The molecule has 1 heterocycles. The molecule has 0 fully saturated rings. The zero-order valence-electron chi connectivity index (χ0n) is 21.2. The van der Waals surface area contributed by atoms with Crippen LogP contribution in [0.15, 0.2) is 67.3 Å². The smallest absolute Gasteiger partial charge is 0.227 e. The molecule has 0 aliphatic heterocycles. The van der Waals surface area contributed by atoms with Crippen molar-refractivity contribution in [2.24, 2.45) is 5.92 Å². The molecular formula is C28H37N3O4. The number of aliphatic hydroxyl groups is 1. The molecule has 1 aromatic heterocycles. The zero-order valence-corrected chi connectivity index (χ0v) is 21.2. The molecule has 1 unspecified atom stereocenters. The highest BCUT2D eigenvalue weighted by Gasteiger charge is 2.23. The van der Waals surface area contributed by atoms with E-state index in [9.17, 15) is 5.11 Å². The molecule has 0 saturated carbocycles. The highest BCUT2D eigenvalue weighted by Crippen LogP contribution is 2.33. The summed E-state index contributed by atoms with van der Waals surface area (Å²) in [5.41, 5.74) is 2.75. The predicted octanol–water partition coefficient (Wildman–Crippen LogP) is 5.00. The van der Waals surface area contributed by atoms with E-state index < -0.39 is 6.10 Å². The maximum Gasteiger partial charge on any atom is 0.227 e. The van der Waals surface area contributed by atoms with Crippen LogP contribution in [0.2, 0.25) is 0 Å². The molecule has 3 aromatic rings. The van der Waals surface area contributed by atoms with Gasteiger partial charge < -0.3 is 19.3 Å². The first kappa shape index (κ1) is 26.5. The average Bonchev–Trinajstić information content (AvgIpc) is 3.14. The van der Waals surface area contributed by atoms with Gasteiger partial charge in [0.25, 0.3) is 0 Å². The molecule has 3 rings (SSSR count). The van der Waals surface area contributed by atoms with Gasteiger partial charge in [-0.2, -0.15) is 5.10 Å². The number of benzene rings is 2. The Hall–Kier alpha value is -3.13. The third kappa shape index (κ3) is 7.68. The minimum Gasteiger partial charge on any atom is -0.497 e. The van der Waals surface area contributed by atoms with E-state index >= 15 is 0 Å². The van der Waals surface area contributed by atoms with Crippen LogP contribution in [0.3, 0.4) is 0 Å². The molecule has 0 radical (unpaired) electrons. The quantitative estimate of drug-likeness (QED) is 0.259. The molecule has 2 aromatic carbocycles. The Kier molecular flexibility index (Phi) is 9.90. The highest BCUT2D eigenvalue weighted by atomic mass is 16.5. The molecule has 0 aliphatic rings. The molecule has 1 atom stereocenters. The number of para-hydroxylation sites is 1. The Balaban J connectivity index is 1.95. The van der Waals surface area contributed by atoms with E-state index in [4.69, 9.17) is 19.3 Å². The third-order valence-corrected chi connectivity index (χ3v) is 5.41. The number of methoxy groups -OCH3 is 1. The van der Waals surface area contributed by atoms with E-state index in [1.165, 1.54) is 0 Å².